The van der Waals surface area contributed by atoms with Crippen LogP contribution in [0.4, 0.5) is 5.69 Å². The smallest absolute Gasteiger partial charge is 0.264 e. The van der Waals surface area contributed by atoms with Gasteiger partial charge in [-0.2, -0.15) is 5.10 Å². The van der Waals surface area contributed by atoms with E-state index in [1.807, 2.05) is 0 Å². The fourth-order valence-electron chi connectivity index (χ4n) is 3.54. The quantitative estimate of drug-likeness (QED) is 0.261. The highest BCUT2D eigenvalue weighted by atomic mass is 35.5. The van der Waals surface area contributed by atoms with E-state index in [1.54, 1.807) is 43.3 Å². The molecule has 38 heavy (non-hydrogen) atoms. The first-order valence-corrected chi connectivity index (χ1v) is 13.2. The molecule has 1 amide bonds. The third-order valence-corrected chi connectivity index (χ3v) is 7.28. The van der Waals surface area contributed by atoms with Gasteiger partial charge in [0.05, 0.1) is 44.7 Å². The predicted octanol–water partition coefficient (Wildman–Crippen LogP) is 4.11. The molecule has 0 aliphatic rings. The van der Waals surface area contributed by atoms with Crippen molar-refractivity contribution in [2.45, 2.75) is 11.8 Å². The van der Waals surface area contributed by atoms with Gasteiger partial charge in [0.2, 0.25) is 5.75 Å². The highest BCUT2D eigenvalue weighted by Gasteiger charge is 2.29. The van der Waals surface area contributed by atoms with Crippen molar-refractivity contribution in [3.05, 3.63) is 71.2 Å². The molecule has 3 aromatic carbocycles. The van der Waals surface area contributed by atoms with Crippen molar-refractivity contribution in [3.8, 4) is 23.0 Å². The van der Waals surface area contributed by atoms with Crippen molar-refractivity contribution in [2.75, 3.05) is 38.8 Å². The molecule has 0 unspecified atom stereocenters. The molecule has 12 heteroatoms. The summed E-state index contributed by atoms with van der Waals surface area (Å²) in [5.41, 5.74) is 3.06. The fourth-order valence-corrected chi connectivity index (χ4v) is 5.10. The average Bonchev–Trinajstić information content (AvgIpc) is 2.92. The van der Waals surface area contributed by atoms with Crippen LogP contribution in [-0.2, 0) is 14.8 Å². The van der Waals surface area contributed by atoms with Gasteiger partial charge in [-0.05, 0) is 55.5 Å². The van der Waals surface area contributed by atoms with Gasteiger partial charge in [0, 0.05) is 10.6 Å². The molecular formula is C26H28ClN3O7S. The Hall–Kier alpha value is -3.96. The number of anilines is 1. The number of amides is 1. The van der Waals surface area contributed by atoms with Crippen LogP contribution in [0.2, 0.25) is 5.02 Å². The second-order valence-electron chi connectivity index (χ2n) is 7.58. The summed E-state index contributed by atoms with van der Waals surface area (Å²) >= 11 is 5.94. The SMILES string of the molecule is CCOc1ccccc1N(CC(=O)N/N=C\c1ccc(OC)c(OC)c1OC)S(=O)(=O)c1ccc(Cl)cc1. The minimum absolute atomic E-state index is 0.0421. The molecule has 1 N–H and O–H groups in total. The van der Waals surface area contributed by atoms with E-state index in [2.05, 4.69) is 10.5 Å². The van der Waals surface area contributed by atoms with Crippen LogP contribution in [0.15, 0.2) is 70.7 Å². The maximum atomic E-state index is 13.6. The lowest BCUT2D eigenvalue weighted by Gasteiger charge is -2.25. The molecule has 0 atom stereocenters. The molecule has 10 nitrogen and oxygen atoms in total. The zero-order chi connectivity index (χ0) is 27.7. The lowest BCUT2D eigenvalue weighted by molar-refractivity contribution is -0.119. The molecular weight excluding hydrogens is 534 g/mol. The Kier molecular flexibility index (Phi) is 9.80. The van der Waals surface area contributed by atoms with Gasteiger partial charge in [0.25, 0.3) is 15.9 Å². The van der Waals surface area contributed by atoms with Crippen LogP contribution in [0.5, 0.6) is 23.0 Å². The molecule has 0 radical (unpaired) electrons. The van der Waals surface area contributed by atoms with Crippen molar-refractivity contribution in [1.29, 1.82) is 0 Å². The van der Waals surface area contributed by atoms with Crippen molar-refractivity contribution in [1.82, 2.24) is 5.43 Å². The van der Waals surface area contributed by atoms with Crippen molar-refractivity contribution >= 4 is 39.4 Å². The Morgan fingerprint density at radius 1 is 0.947 bits per heavy atom. The minimum Gasteiger partial charge on any atom is -0.493 e. The van der Waals surface area contributed by atoms with Gasteiger partial charge in [-0.1, -0.05) is 23.7 Å². The maximum absolute atomic E-state index is 13.6. The van der Waals surface area contributed by atoms with Gasteiger partial charge in [0.15, 0.2) is 11.5 Å². The molecule has 0 aromatic heterocycles. The molecule has 0 aliphatic carbocycles. The number of sulfonamides is 1. The number of nitrogens with one attached hydrogen (secondary N) is 1. The molecule has 3 aromatic rings. The van der Waals surface area contributed by atoms with Crippen molar-refractivity contribution in [2.24, 2.45) is 5.10 Å². The average molecular weight is 562 g/mol. The van der Waals surface area contributed by atoms with Crippen molar-refractivity contribution in [3.63, 3.8) is 0 Å². The van der Waals surface area contributed by atoms with Crippen LogP contribution in [0.3, 0.4) is 0 Å². The summed E-state index contributed by atoms with van der Waals surface area (Å²) in [6.07, 6.45) is 1.35. The number of carbonyl (C=O) groups is 1. The number of benzene rings is 3. The van der Waals surface area contributed by atoms with Crippen LogP contribution < -0.4 is 28.7 Å². The molecule has 0 bridgehead atoms. The number of rotatable bonds is 12. The number of nitrogens with zero attached hydrogens (tertiary/aromatic N) is 2. The third-order valence-electron chi connectivity index (χ3n) is 5.25. The van der Waals surface area contributed by atoms with Gasteiger partial charge < -0.3 is 18.9 Å². The fraction of sp³-hybridized carbons (Fsp3) is 0.231. The van der Waals surface area contributed by atoms with Crippen molar-refractivity contribution < 1.29 is 32.2 Å². The number of ether oxygens (including phenoxy) is 4. The second kappa shape index (κ2) is 13.0. The third kappa shape index (κ3) is 6.48. The van der Waals surface area contributed by atoms with Crippen LogP contribution in [0.1, 0.15) is 12.5 Å². The van der Waals surface area contributed by atoms with Gasteiger partial charge in [-0.15, -0.1) is 0 Å². The number of hydrogen-bond acceptors (Lipinski definition) is 8. The summed E-state index contributed by atoms with van der Waals surface area (Å²) in [4.78, 5) is 12.9. The Morgan fingerprint density at radius 2 is 1.63 bits per heavy atom. The molecule has 202 valence electrons. The van der Waals surface area contributed by atoms with E-state index in [-0.39, 0.29) is 10.6 Å². The van der Waals surface area contributed by atoms with Gasteiger partial charge in [-0.25, -0.2) is 13.8 Å². The summed E-state index contributed by atoms with van der Waals surface area (Å²) in [6, 6.07) is 15.5. The summed E-state index contributed by atoms with van der Waals surface area (Å²) in [5, 5.41) is 4.36. The Balaban J connectivity index is 1.91. The summed E-state index contributed by atoms with van der Waals surface area (Å²) in [5.74, 6) is 0.783. The summed E-state index contributed by atoms with van der Waals surface area (Å²) in [7, 11) is 0.251. The number of halogens is 1. The monoisotopic (exact) mass is 561 g/mol. The zero-order valence-electron chi connectivity index (χ0n) is 21.3. The Labute approximate surface area is 226 Å². The first-order chi connectivity index (χ1) is 18.3. The Bertz CT molecular complexity index is 1400. The molecule has 0 saturated heterocycles. The van der Waals surface area contributed by atoms with E-state index in [9.17, 15) is 13.2 Å². The molecule has 0 saturated carbocycles. The normalized spacial score (nSPS) is 11.2. The van der Waals surface area contributed by atoms with E-state index in [0.29, 0.717) is 40.2 Å². The van der Waals surface area contributed by atoms with E-state index >= 15 is 0 Å². The molecule has 0 aliphatic heterocycles. The Morgan fingerprint density at radius 3 is 2.26 bits per heavy atom. The number of carbonyl (C=O) groups excluding carboxylic acids is 1. The number of methoxy groups -OCH3 is 3. The topological polar surface area (TPSA) is 116 Å². The molecule has 3 rings (SSSR count). The van der Waals surface area contributed by atoms with Crippen LogP contribution >= 0.6 is 11.6 Å². The first-order valence-electron chi connectivity index (χ1n) is 11.4. The van der Waals surface area contributed by atoms with Gasteiger partial charge in [-0.3, -0.25) is 9.10 Å². The van der Waals surface area contributed by atoms with E-state index in [4.69, 9.17) is 30.5 Å². The highest BCUT2D eigenvalue weighted by Crippen LogP contribution is 2.39. The first kappa shape index (κ1) is 28.6. The lowest BCUT2D eigenvalue weighted by Crippen LogP contribution is -2.39. The van der Waals surface area contributed by atoms with E-state index in [1.165, 1.54) is 51.8 Å². The highest BCUT2D eigenvalue weighted by molar-refractivity contribution is 7.92. The molecule has 0 spiro atoms. The standard InChI is InChI=1S/C26H28ClN3O7S/c1-5-37-22-9-7-6-8-21(22)30(38(32,33)20-13-11-19(27)12-14-20)17-24(31)29-28-16-18-10-15-23(34-2)26(36-4)25(18)35-3/h6-16H,5,17H2,1-4H3,(H,29,31)/b28-16-. The number of hydrogen-bond donors (Lipinski definition) is 1. The lowest BCUT2D eigenvalue weighted by atomic mass is 10.2. The molecule has 0 fully saturated rings. The van der Waals surface area contributed by atoms with E-state index < -0.39 is 22.5 Å². The molecule has 0 heterocycles. The van der Waals surface area contributed by atoms with Crippen LogP contribution in [0, 0.1) is 0 Å². The zero-order valence-corrected chi connectivity index (χ0v) is 22.9. The van der Waals surface area contributed by atoms with Crippen LogP contribution in [0.25, 0.3) is 0 Å². The maximum Gasteiger partial charge on any atom is 0.264 e. The van der Waals surface area contributed by atoms with Crippen LogP contribution in [-0.4, -0.2) is 55.0 Å². The van der Waals surface area contributed by atoms with Gasteiger partial charge in [0.1, 0.15) is 12.3 Å². The summed E-state index contributed by atoms with van der Waals surface area (Å²) < 4.78 is 49.8. The minimum atomic E-state index is -4.18. The second-order valence-corrected chi connectivity index (χ2v) is 9.88. The number of para-hydroxylation sites is 2. The largest absolute Gasteiger partial charge is 0.493 e. The summed E-state index contributed by atoms with van der Waals surface area (Å²) in [6.45, 7) is 1.50. The predicted molar refractivity (Wildman–Crippen MR) is 145 cm³/mol. The van der Waals surface area contributed by atoms with E-state index in [0.717, 1.165) is 4.31 Å². The van der Waals surface area contributed by atoms with Gasteiger partial charge >= 0.3 is 0 Å². The number of hydrazone groups is 1.